The van der Waals surface area contributed by atoms with Crippen LogP contribution >= 0.6 is 0 Å². The number of para-hydroxylation sites is 2. The molecule has 6 nitrogen and oxygen atoms in total. The molecule has 1 saturated carbocycles. The van der Waals surface area contributed by atoms with E-state index in [0.29, 0.717) is 28.7 Å². The summed E-state index contributed by atoms with van der Waals surface area (Å²) in [7, 11) is 1.54. The van der Waals surface area contributed by atoms with Gasteiger partial charge in [0.1, 0.15) is 11.5 Å². The van der Waals surface area contributed by atoms with Crippen molar-refractivity contribution < 1.29 is 23.9 Å². The third kappa shape index (κ3) is 3.70. The topological polar surface area (TPSA) is 72.9 Å². The molecule has 30 heavy (non-hydrogen) atoms. The molecule has 2 aliphatic rings. The third-order valence-electron chi connectivity index (χ3n) is 6.04. The Morgan fingerprint density at radius 2 is 1.80 bits per heavy atom. The summed E-state index contributed by atoms with van der Waals surface area (Å²) in [6.07, 6.45) is 2.44. The quantitative estimate of drug-likeness (QED) is 0.537. The molecule has 2 aromatic rings. The summed E-state index contributed by atoms with van der Waals surface area (Å²) in [6.45, 7) is 1.92. The fourth-order valence-corrected chi connectivity index (χ4v) is 4.41. The van der Waals surface area contributed by atoms with E-state index in [9.17, 15) is 14.4 Å². The number of anilines is 1. The van der Waals surface area contributed by atoms with Gasteiger partial charge in [0.2, 0.25) is 11.8 Å². The van der Waals surface area contributed by atoms with Crippen LogP contribution in [0.5, 0.6) is 11.5 Å². The molecule has 4 rings (SSSR count). The first-order chi connectivity index (χ1) is 14.5. The number of hydrogen-bond acceptors (Lipinski definition) is 5. The first-order valence-corrected chi connectivity index (χ1v) is 10.3. The van der Waals surface area contributed by atoms with Crippen LogP contribution in [0.15, 0.2) is 48.5 Å². The number of ether oxygens (including phenoxy) is 2. The Kier molecular flexibility index (Phi) is 5.57. The highest BCUT2D eigenvalue weighted by Crippen LogP contribution is 2.44. The van der Waals surface area contributed by atoms with Gasteiger partial charge in [-0.15, -0.1) is 0 Å². The molecule has 2 amide bonds. The zero-order chi connectivity index (χ0) is 21.3. The Bertz CT molecular complexity index is 985. The van der Waals surface area contributed by atoms with Crippen LogP contribution in [0.25, 0.3) is 0 Å². The lowest BCUT2D eigenvalue weighted by Gasteiger charge is -2.25. The van der Waals surface area contributed by atoms with E-state index in [1.807, 2.05) is 0 Å². The van der Waals surface area contributed by atoms with E-state index >= 15 is 0 Å². The fourth-order valence-electron chi connectivity index (χ4n) is 4.41. The number of carbonyl (C=O) groups excluding carboxylic acids is 3. The van der Waals surface area contributed by atoms with Crippen molar-refractivity contribution in [1.29, 1.82) is 0 Å². The number of nitrogens with zero attached hydrogens (tertiary/aromatic N) is 1. The average Bonchev–Trinajstić information content (AvgIpc) is 3.01. The highest BCUT2D eigenvalue weighted by molar-refractivity contribution is 6.22. The number of fused-ring (bicyclic) bond motifs is 1. The van der Waals surface area contributed by atoms with E-state index in [1.165, 1.54) is 4.90 Å². The van der Waals surface area contributed by atoms with E-state index < -0.39 is 0 Å². The Morgan fingerprint density at radius 3 is 2.60 bits per heavy atom. The van der Waals surface area contributed by atoms with Crippen molar-refractivity contribution in [2.75, 3.05) is 18.6 Å². The first-order valence-electron chi connectivity index (χ1n) is 10.3. The second kappa shape index (κ2) is 8.30. The monoisotopic (exact) mass is 407 g/mol. The van der Waals surface area contributed by atoms with Crippen LogP contribution in [-0.4, -0.2) is 31.3 Å². The molecular formula is C24H25NO5. The van der Waals surface area contributed by atoms with Crippen LogP contribution in [-0.2, 0) is 9.59 Å². The molecule has 1 aliphatic heterocycles. The number of amides is 2. The smallest absolute Gasteiger partial charge is 0.237 e. The molecule has 0 aromatic heterocycles. The van der Waals surface area contributed by atoms with Crippen LogP contribution in [0.2, 0.25) is 0 Å². The predicted octanol–water partition coefficient (Wildman–Crippen LogP) is 3.88. The van der Waals surface area contributed by atoms with Crippen molar-refractivity contribution in [3.63, 3.8) is 0 Å². The number of hydrogen-bond donors (Lipinski definition) is 0. The van der Waals surface area contributed by atoms with E-state index in [1.54, 1.807) is 55.6 Å². The van der Waals surface area contributed by atoms with Crippen LogP contribution in [0.3, 0.4) is 0 Å². The summed E-state index contributed by atoms with van der Waals surface area (Å²) in [6, 6.07) is 13.7. The zero-order valence-electron chi connectivity index (χ0n) is 17.2. The Morgan fingerprint density at radius 1 is 1.03 bits per heavy atom. The number of ketones is 1. The van der Waals surface area contributed by atoms with Gasteiger partial charge >= 0.3 is 0 Å². The van der Waals surface area contributed by atoms with Crippen LogP contribution in [0, 0.1) is 17.8 Å². The summed E-state index contributed by atoms with van der Waals surface area (Å²) in [5.74, 6) is 0.334. The molecule has 3 atom stereocenters. The lowest BCUT2D eigenvalue weighted by atomic mass is 9.76. The van der Waals surface area contributed by atoms with Gasteiger partial charge in [0.25, 0.3) is 0 Å². The molecule has 0 bridgehead atoms. The minimum absolute atomic E-state index is 0.160. The van der Waals surface area contributed by atoms with Crippen molar-refractivity contribution in [2.24, 2.45) is 17.8 Å². The average molecular weight is 407 g/mol. The molecule has 156 valence electrons. The molecule has 0 spiro atoms. The maximum atomic E-state index is 13.0. The second-order valence-electron chi connectivity index (χ2n) is 8.05. The van der Waals surface area contributed by atoms with Gasteiger partial charge in [-0.25, -0.2) is 4.90 Å². The zero-order valence-corrected chi connectivity index (χ0v) is 17.2. The van der Waals surface area contributed by atoms with Crippen LogP contribution in [0.4, 0.5) is 5.69 Å². The first kappa shape index (κ1) is 20.1. The highest BCUT2D eigenvalue weighted by Gasteiger charge is 2.50. The highest BCUT2D eigenvalue weighted by atomic mass is 16.5. The van der Waals surface area contributed by atoms with Gasteiger partial charge in [0, 0.05) is 5.56 Å². The molecule has 0 radical (unpaired) electrons. The van der Waals surface area contributed by atoms with E-state index in [2.05, 4.69) is 6.92 Å². The number of imide groups is 1. The maximum absolute atomic E-state index is 13.0. The van der Waals surface area contributed by atoms with Gasteiger partial charge in [0.05, 0.1) is 24.6 Å². The predicted molar refractivity (Wildman–Crippen MR) is 112 cm³/mol. The van der Waals surface area contributed by atoms with E-state index in [4.69, 9.17) is 9.47 Å². The van der Waals surface area contributed by atoms with Gasteiger partial charge in [-0.2, -0.15) is 0 Å². The maximum Gasteiger partial charge on any atom is 0.237 e. The van der Waals surface area contributed by atoms with E-state index in [-0.39, 0.29) is 36.0 Å². The van der Waals surface area contributed by atoms with Gasteiger partial charge in [0.15, 0.2) is 12.4 Å². The van der Waals surface area contributed by atoms with Crippen molar-refractivity contribution in [3.05, 3.63) is 54.1 Å². The van der Waals surface area contributed by atoms with Crippen molar-refractivity contribution in [3.8, 4) is 11.5 Å². The van der Waals surface area contributed by atoms with E-state index in [0.717, 1.165) is 19.3 Å². The second-order valence-corrected chi connectivity index (χ2v) is 8.05. The number of methoxy groups -OCH3 is 1. The lowest BCUT2D eigenvalue weighted by molar-refractivity contribution is -0.122. The molecule has 1 saturated heterocycles. The number of rotatable bonds is 6. The number of benzene rings is 2. The third-order valence-corrected chi connectivity index (χ3v) is 6.04. The van der Waals surface area contributed by atoms with Gasteiger partial charge < -0.3 is 9.47 Å². The molecule has 0 N–H and O–H groups in total. The van der Waals surface area contributed by atoms with Crippen LogP contribution < -0.4 is 14.4 Å². The summed E-state index contributed by atoms with van der Waals surface area (Å²) >= 11 is 0. The molecule has 1 aliphatic carbocycles. The molecule has 6 heteroatoms. The molecule has 1 heterocycles. The summed E-state index contributed by atoms with van der Waals surface area (Å²) in [4.78, 5) is 39.9. The standard InChI is InChI=1S/C24H25NO5/c1-15-10-11-18-19(12-15)24(28)25(23(18)27)20-8-3-4-9-22(20)30-14-21(26)16-6-5-7-17(13-16)29-2/h3-9,13,15,18-19H,10-12,14H2,1-2H3/t15-,18+,19+/m1/s1. The van der Waals surface area contributed by atoms with Gasteiger partial charge in [-0.3, -0.25) is 14.4 Å². The van der Waals surface area contributed by atoms with Crippen molar-refractivity contribution in [1.82, 2.24) is 0 Å². The molecular weight excluding hydrogens is 382 g/mol. The lowest BCUT2D eigenvalue weighted by Crippen LogP contribution is -2.31. The summed E-state index contributed by atoms with van der Waals surface area (Å²) < 4.78 is 10.9. The van der Waals surface area contributed by atoms with Crippen LogP contribution in [0.1, 0.15) is 36.5 Å². The fraction of sp³-hybridized carbons (Fsp3) is 0.375. The number of Topliss-reactive ketones (excluding diaryl/α,β-unsaturated/α-hetero) is 1. The van der Waals surface area contributed by atoms with Gasteiger partial charge in [-0.05, 0) is 49.4 Å². The normalized spacial score (nSPS) is 23.3. The Hall–Kier alpha value is -3.15. The number of carbonyl (C=O) groups is 3. The Labute approximate surface area is 175 Å². The largest absolute Gasteiger partial charge is 0.497 e. The minimum Gasteiger partial charge on any atom is -0.497 e. The molecule has 2 aromatic carbocycles. The minimum atomic E-state index is -0.257. The van der Waals surface area contributed by atoms with Crippen molar-refractivity contribution in [2.45, 2.75) is 26.2 Å². The van der Waals surface area contributed by atoms with Crippen molar-refractivity contribution >= 4 is 23.3 Å². The molecule has 2 fully saturated rings. The summed E-state index contributed by atoms with van der Waals surface area (Å²) in [5.41, 5.74) is 0.883. The SMILES string of the molecule is COc1cccc(C(=O)COc2ccccc2N2C(=O)[C@H]3CC[C@@H](C)C[C@@H]3C2=O)c1. The Balaban J connectivity index is 1.54. The molecule has 0 unspecified atom stereocenters. The van der Waals surface area contributed by atoms with Gasteiger partial charge in [-0.1, -0.05) is 31.2 Å². The summed E-state index contributed by atoms with van der Waals surface area (Å²) in [5, 5.41) is 0.